The molecule has 9 heteroatoms. The van der Waals surface area contributed by atoms with E-state index in [1.807, 2.05) is 49.4 Å². The molecule has 39 heavy (non-hydrogen) atoms. The maximum Gasteiger partial charge on any atom is 0.277 e. The van der Waals surface area contributed by atoms with Gasteiger partial charge in [-0.3, -0.25) is 14.4 Å². The van der Waals surface area contributed by atoms with Crippen molar-refractivity contribution in [3.63, 3.8) is 0 Å². The molecule has 0 bridgehead atoms. The van der Waals surface area contributed by atoms with E-state index >= 15 is 0 Å². The number of fused-ring (bicyclic) bond motifs is 1. The lowest BCUT2D eigenvalue weighted by atomic mass is 10.0. The monoisotopic (exact) mass is 529 g/mol. The summed E-state index contributed by atoms with van der Waals surface area (Å²) < 4.78 is 7.55. The zero-order chi connectivity index (χ0) is 27.5. The highest BCUT2D eigenvalue weighted by molar-refractivity contribution is 6.09. The van der Waals surface area contributed by atoms with Crippen LogP contribution in [-0.2, 0) is 11.2 Å². The molecule has 0 saturated carbocycles. The first-order valence-electron chi connectivity index (χ1n) is 13.8. The van der Waals surface area contributed by atoms with Crippen LogP contribution in [0, 0.1) is 6.92 Å². The lowest BCUT2D eigenvalue weighted by molar-refractivity contribution is -0.119. The summed E-state index contributed by atoms with van der Waals surface area (Å²) in [4.78, 5) is 42.0. The van der Waals surface area contributed by atoms with Crippen LogP contribution in [0.3, 0.4) is 0 Å². The predicted molar refractivity (Wildman–Crippen MR) is 150 cm³/mol. The van der Waals surface area contributed by atoms with E-state index in [2.05, 4.69) is 12.0 Å². The summed E-state index contributed by atoms with van der Waals surface area (Å²) in [6.07, 6.45) is 6.07. The van der Waals surface area contributed by atoms with Gasteiger partial charge in [0.1, 0.15) is 11.4 Å². The van der Waals surface area contributed by atoms with Crippen molar-refractivity contribution in [3.05, 3.63) is 65.0 Å². The SMILES string of the molecule is CCCCCOc1cc(-n2nc(C(N)=O)c3c2C(=O)N(c2ccc(N4CCCCC4=O)cc2)CC3)ccc1C. The van der Waals surface area contributed by atoms with E-state index in [1.54, 1.807) is 9.80 Å². The second-order valence-electron chi connectivity index (χ2n) is 10.2. The number of hydrogen-bond acceptors (Lipinski definition) is 5. The number of nitrogens with zero attached hydrogens (tertiary/aromatic N) is 4. The van der Waals surface area contributed by atoms with Crippen LogP contribution in [0.25, 0.3) is 5.69 Å². The Labute approximate surface area is 228 Å². The van der Waals surface area contributed by atoms with Crippen LogP contribution in [-0.4, -0.2) is 47.2 Å². The molecule has 3 amide bonds. The Hall–Kier alpha value is -4.14. The molecule has 0 spiro atoms. The number of benzene rings is 2. The summed E-state index contributed by atoms with van der Waals surface area (Å²) in [6.45, 7) is 5.82. The van der Waals surface area contributed by atoms with Gasteiger partial charge >= 0.3 is 0 Å². The molecule has 2 aromatic carbocycles. The van der Waals surface area contributed by atoms with Crippen molar-refractivity contribution in [1.82, 2.24) is 9.78 Å². The number of carbonyl (C=O) groups excluding carboxylic acids is 3. The third-order valence-corrected chi connectivity index (χ3v) is 7.47. The number of nitrogens with two attached hydrogens (primary N) is 1. The molecule has 0 aliphatic carbocycles. The molecule has 2 aliphatic rings. The van der Waals surface area contributed by atoms with Gasteiger partial charge in [0.2, 0.25) is 5.91 Å². The number of primary amides is 1. The highest BCUT2D eigenvalue weighted by Crippen LogP contribution is 2.32. The molecule has 1 fully saturated rings. The van der Waals surface area contributed by atoms with Crippen molar-refractivity contribution in [2.45, 2.75) is 58.8 Å². The van der Waals surface area contributed by atoms with Gasteiger partial charge in [-0.1, -0.05) is 25.8 Å². The standard InChI is InChI=1S/C30H35N5O4/c1-3-4-7-18-39-25-19-23(10-9-20(25)2)35-28-24(27(32-35)29(31)37)15-17-34(30(28)38)22-13-11-21(12-14-22)33-16-6-5-8-26(33)36/h9-14,19H,3-8,15-18H2,1-2H3,(H2,31,37). The Morgan fingerprint density at radius 1 is 0.949 bits per heavy atom. The quantitative estimate of drug-likeness (QED) is 0.408. The number of aromatic nitrogens is 2. The minimum absolute atomic E-state index is 0.114. The molecular weight excluding hydrogens is 494 g/mol. The molecule has 204 valence electrons. The van der Waals surface area contributed by atoms with Gasteiger partial charge < -0.3 is 20.3 Å². The molecule has 0 unspecified atom stereocenters. The van der Waals surface area contributed by atoms with Crippen LogP contribution in [0.2, 0.25) is 0 Å². The smallest absolute Gasteiger partial charge is 0.277 e. The highest BCUT2D eigenvalue weighted by Gasteiger charge is 2.35. The number of hydrogen-bond donors (Lipinski definition) is 1. The van der Waals surface area contributed by atoms with Gasteiger partial charge in [-0.25, -0.2) is 4.68 Å². The van der Waals surface area contributed by atoms with Gasteiger partial charge in [0.15, 0.2) is 5.69 Å². The molecule has 5 rings (SSSR count). The van der Waals surface area contributed by atoms with E-state index in [4.69, 9.17) is 10.5 Å². The minimum Gasteiger partial charge on any atom is -0.493 e. The fraction of sp³-hybridized carbons (Fsp3) is 0.400. The van der Waals surface area contributed by atoms with Crippen molar-refractivity contribution in [1.29, 1.82) is 0 Å². The van der Waals surface area contributed by atoms with Gasteiger partial charge in [-0.15, -0.1) is 0 Å². The number of carbonyl (C=O) groups is 3. The van der Waals surface area contributed by atoms with Gasteiger partial charge in [0, 0.05) is 42.5 Å². The largest absolute Gasteiger partial charge is 0.493 e. The Morgan fingerprint density at radius 3 is 2.36 bits per heavy atom. The van der Waals surface area contributed by atoms with Crippen LogP contribution < -0.4 is 20.3 Å². The van der Waals surface area contributed by atoms with E-state index in [0.717, 1.165) is 54.8 Å². The lowest BCUT2D eigenvalue weighted by Crippen LogP contribution is -2.39. The highest BCUT2D eigenvalue weighted by atomic mass is 16.5. The van der Waals surface area contributed by atoms with Crippen LogP contribution in [0.4, 0.5) is 11.4 Å². The average molecular weight is 530 g/mol. The predicted octanol–water partition coefficient (Wildman–Crippen LogP) is 4.57. The van der Waals surface area contributed by atoms with Gasteiger partial charge in [-0.05, 0) is 68.5 Å². The number of piperidine rings is 1. The fourth-order valence-electron chi connectivity index (χ4n) is 5.29. The third-order valence-electron chi connectivity index (χ3n) is 7.47. The van der Waals surface area contributed by atoms with E-state index in [-0.39, 0.29) is 17.5 Å². The molecule has 1 aromatic heterocycles. The Kier molecular flexibility index (Phi) is 7.67. The van der Waals surface area contributed by atoms with Crippen molar-refractivity contribution >= 4 is 29.1 Å². The first-order chi connectivity index (χ1) is 18.9. The average Bonchev–Trinajstić information content (AvgIpc) is 3.34. The summed E-state index contributed by atoms with van der Waals surface area (Å²) >= 11 is 0. The maximum atomic E-state index is 13.9. The van der Waals surface area contributed by atoms with Gasteiger partial charge in [0.25, 0.3) is 11.8 Å². The summed E-state index contributed by atoms with van der Waals surface area (Å²) in [5, 5.41) is 4.50. The van der Waals surface area contributed by atoms with Crippen molar-refractivity contribution in [2.24, 2.45) is 5.73 Å². The van der Waals surface area contributed by atoms with E-state index in [9.17, 15) is 14.4 Å². The second kappa shape index (κ2) is 11.3. The number of aryl methyl sites for hydroxylation is 1. The van der Waals surface area contributed by atoms with Crippen molar-refractivity contribution in [2.75, 3.05) is 29.5 Å². The van der Waals surface area contributed by atoms with Crippen LogP contribution in [0.5, 0.6) is 5.75 Å². The zero-order valence-corrected chi connectivity index (χ0v) is 22.6. The van der Waals surface area contributed by atoms with E-state index < -0.39 is 5.91 Å². The van der Waals surface area contributed by atoms with E-state index in [0.29, 0.717) is 49.5 Å². The summed E-state index contributed by atoms with van der Waals surface area (Å²) in [5.41, 5.74) is 9.83. The van der Waals surface area contributed by atoms with Gasteiger partial charge in [-0.2, -0.15) is 5.10 Å². The lowest BCUT2D eigenvalue weighted by Gasteiger charge is -2.29. The molecule has 2 aliphatic heterocycles. The number of amides is 3. The van der Waals surface area contributed by atoms with Crippen LogP contribution in [0.1, 0.15) is 77.6 Å². The first-order valence-corrected chi connectivity index (χ1v) is 13.8. The number of rotatable bonds is 9. The van der Waals surface area contributed by atoms with Gasteiger partial charge in [0.05, 0.1) is 12.3 Å². The second-order valence-corrected chi connectivity index (χ2v) is 10.2. The summed E-state index contributed by atoms with van der Waals surface area (Å²) in [6, 6.07) is 13.1. The third kappa shape index (κ3) is 5.26. The zero-order valence-electron chi connectivity index (χ0n) is 22.6. The molecule has 1 saturated heterocycles. The van der Waals surface area contributed by atoms with E-state index in [1.165, 1.54) is 4.68 Å². The van der Waals surface area contributed by atoms with Crippen molar-refractivity contribution in [3.8, 4) is 11.4 Å². The number of ether oxygens (including phenoxy) is 1. The van der Waals surface area contributed by atoms with Crippen LogP contribution in [0.15, 0.2) is 42.5 Å². The molecule has 0 atom stereocenters. The Morgan fingerprint density at radius 2 is 1.67 bits per heavy atom. The Balaban J connectivity index is 1.46. The summed E-state index contributed by atoms with van der Waals surface area (Å²) in [5.74, 6) is -0.0761. The summed E-state index contributed by atoms with van der Waals surface area (Å²) in [7, 11) is 0. The normalized spacial score (nSPS) is 15.4. The number of anilines is 2. The molecule has 2 N–H and O–H groups in total. The fourth-order valence-corrected chi connectivity index (χ4v) is 5.29. The first kappa shape index (κ1) is 26.5. The molecule has 0 radical (unpaired) electrons. The molecular formula is C30H35N5O4. The number of unbranched alkanes of at least 4 members (excludes halogenated alkanes) is 2. The maximum absolute atomic E-state index is 13.9. The minimum atomic E-state index is -0.662. The molecule has 3 aromatic rings. The topological polar surface area (TPSA) is 111 Å². The molecule has 3 heterocycles. The Bertz CT molecular complexity index is 1400. The van der Waals surface area contributed by atoms with Crippen LogP contribution >= 0.6 is 0 Å². The molecule has 9 nitrogen and oxygen atoms in total. The van der Waals surface area contributed by atoms with Crippen molar-refractivity contribution < 1.29 is 19.1 Å².